The zero-order chi connectivity index (χ0) is 24.4. The van der Waals surface area contributed by atoms with Crippen LogP contribution in [0.1, 0.15) is 12.5 Å². The number of Topliss-reactive ketones (excluding diaryl/α,β-unsaturated/α-hetero) is 1. The number of ketones is 1. The second-order valence-electron chi connectivity index (χ2n) is 8.35. The summed E-state index contributed by atoms with van der Waals surface area (Å²) in [5.74, 6) is 0.909. The van der Waals surface area contributed by atoms with Crippen LogP contribution in [0.5, 0.6) is 0 Å². The monoisotopic (exact) mass is 473 g/mol. The van der Waals surface area contributed by atoms with E-state index in [1.54, 1.807) is 18.6 Å². The Hall–Kier alpha value is -4.05. The van der Waals surface area contributed by atoms with E-state index in [4.69, 9.17) is 25.4 Å². The highest BCUT2D eigenvalue weighted by Gasteiger charge is 2.20. The van der Waals surface area contributed by atoms with Crippen LogP contribution in [0, 0.1) is 0 Å². The van der Waals surface area contributed by atoms with Gasteiger partial charge >= 0.3 is 0 Å². The van der Waals surface area contributed by atoms with Gasteiger partial charge in [-0.25, -0.2) is 24.3 Å². The van der Waals surface area contributed by atoms with E-state index in [0.29, 0.717) is 54.5 Å². The number of halogens is 1. The molecule has 5 rings (SSSR count). The third-order valence-electron chi connectivity index (χ3n) is 5.84. The van der Waals surface area contributed by atoms with Gasteiger partial charge < -0.3 is 15.4 Å². The molecule has 4 aromatic rings. The molecule has 0 radical (unpaired) electrons. The summed E-state index contributed by atoms with van der Waals surface area (Å²) in [4.78, 5) is 36.4. The van der Waals surface area contributed by atoms with Crippen molar-refractivity contribution in [1.82, 2.24) is 24.9 Å². The molecular formula is C25H24FN7O2. The van der Waals surface area contributed by atoms with Crippen molar-refractivity contribution < 1.29 is 13.9 Å². The molecule has 178 valence electrons. The van der Waals surface area contributed by atoms with Crippen LogP contribution in [-0.2, 0) is 16.0 Å². The molecule has 0 amide bonds. The number of ether oxygens (including phenoxy) is 1. The van der Waals surface area contributed by atoms with Gasteiger partial charge in [-0.3, -0.25) is 9.78 Å². The smallest absolute Gasteiger partial charge is 0.219 e. The third-order valence-corrected chi connectivity index (χ3v) is 5.84. The molecule has 9 nitrogen and oxygen atoms in total. The van der Waals surface area contributed by atoms with Crippen molar-refractivity contribution in [2.24, 2.45) is 0 Å². The lowest BCUT2D eigenvalue weighted by molar-refractivity contribution is -0.122. The molecule has 0 spiro atoms. The van der Waals surface area contributed by atoms with Gasteiger partial charge in [0.05, 0.1) is 24.3 Å². The summed E-state index contributed by atoms with van der Waals surface area (Å²) in [6, 6.07) is 9.41. The van der Waals surface area contributed by atoms with Crippen molar-refractivity contribution in [3.05, 3.63) is 54.5 Å². The number of benzene rings is 1. The standard InChI is InChI=1S/C25H24FN7O2/c1-15(26)21(34)10-16-3-2-4-17(9-16)18-11-20-22(28-12-18)24(33-5-7-35-8-6-33)32-23(31-20)19-13-29-25(27)30-14-19/h2-4,9,11-15H,5-8,10H2,1H3,(H2,27,29,30). The Balaban J connectivity index is 1.59. The highest BCUT2D eigenvalue weighted by molar-refractivity contribution is 5.90. The molecule has 4 heterocycles. The van der Waals surface area contributed by atoms with Gasteiger partial charge in [-0.15, -0.1) is 0 Å². The molecule has 0 saturated carbocycles. The summed E-state index contributed by atoms with van der Waals surface area (Å²) < 4.78 is 18.9. The molecule has 3 aromatic heterocycles. The van der Waals surface area contributed by atoms with Gasteiger partial charge in [-0.2, -0.15) is 0 Å². The molecule has 1 fully saturated rings. The number of carbonyl (C=O) groups is 1. The van der Waals surface area contributed by atoms with Crippen molar-refractivity contribution in [3.63, 3.8) is 0 Å². The number of hydrogen-bond donors (Lipinski definition) is 1. The number of nitrogens with two attached hydrogens (primary N) is 1. The van der Waals surface area contributed by atoms with Crippen LogP contribution >= 0.6 is 0 Å². The zero-order valence-electron chi connectivity index (χ0n) is 19.2. The topological polar surface area (TPSA) is 120 Å². The first-order valence-electron chi connectivity index (χ1n) is 11.3. The van der Waals surface area contributed by atoms with E-state index in [2.05, 4.69) is 14.9 Å². The Kier molecular flexibility index (Phi) is 6.28. The Bertz CT molecular complexity index is 1370. The van der Waals surface area contributed by atoms with Crippen LogP contribution in [0.3, 0.4) is 0 Å². The Labute approximate surface area is 201 Å². The lowest BCUT2D eigenvalue weighted by Crippen LogP contribution is -2.37. The molecule has 1 aliphatic rings. The number of nitrogens with zero attached hydrogens (tertiary/aromatic N) is 6. The lowest BCUT2D eigenvalue weighted by Gasteiger charge is -2.28. The summed E-state index contributed by atoms with van der Waals surface area (Å²) >= 11 is 0. The number of carbonyl (C=O) groups excluding carboxylic acids is 1. The van der Waals surface area contributed by atoms with Crippen LogP contribution in [0.25, 0.3) is 33.5 Å². The number of nitrogen functional groups attached to an aromatic ring is 1. The lowest BCUT2D eigenvalue weighted by atomic mass is 10.0. The maximum atomic E-state index is 13.4. The second-order valence-corrected chi connectivity index (χ2v) is 8.35. The fraction of sp³-hybridized carbons (Fsp3) is 0.280. The van der Waals surface area contributed by atoms with E-state index in [1.165, 1.54) is 6.92 Å². The fourth-order valence-electron chi connectivity index (χ4n) is 3.94. The highest BCUT2D eigenvalue weighted by Crippen LogP contribution is 2.30. The number of anilines is 2. The molecule has 1 unspecified atom stereocenters. The molecule has 1 aliphatic heterocycles. The van der Waals surface area contributed by atoms with E-state index < -0.39 is 12.0 Å². The normalized spacial score (nSPS) is 14.7. The van der Waals surface area contributed by atoms with Gasteiger partial charge in [0.15, 0.2) is 23.6 Å². The molecule has 35 heavy (non-hydrogen) atoms. The zero-order valence-corrected chi connectivity index (χ0v) is 19.2. The van der Waals surface area contributed by atoms with Crippen molar-refractivity contribution in [3.8, 4) is 22.5 Å². The van der Waals surface area contributed by atoms with Crippen molar-refractivity contribution in [2.75, 3.05) is 36.9 Å². The van der Waals surface area contributed by atoms with E-state index in [0.717, 1.165) is 16.7 Å². The molecular weight excluding hydrogens is 449 g/mol. The summed E-state index contributed by atoms with van der Waals surface area (Å²) in [6.07, 6.45) is 3.50. The first kappa shape index (κ1) is 22.7. The van der Waals surface area contributed by atoms with Crippen LogP contribution in [0.15, 0.2) is 48.9 Å². The van der Waals surface area contributed by atoms with Crippen molar-refractivity contribution in [1.29, 1.82) is 0 Å². The third kappa shape index (κ3) is 4.92. The summed E-state index contributed by atoms with van der Waals surface area (Å²) in [5, 5.41) is 0. The van der Waals surface area contributed by atoms with Gasteiger partial charge in [0, 0.05) is 43.7 Å². The first-order chi connectivity index (χ1) is 17.0. The molecule has 2 N–H and O–H groups in total. The average molecular weight is 474 g/mol. The van der Waals surface area contributed by atoms with Gasteiger partial charge in [0.1, 0.15) is 5.52 Å². The van der Waals surface area contributed by atoms with Crippen LogP contribution in [0.2, 0.25) is 0 Å². The Morgan fingerprint density at radius 2 is 1.80 bits per heavy atom. The maximum absolute atomic E-state index is 13.4. The van der Waals surface area contributed by atoms with Crippen LogP contribution in [-0.4, -0.2) is 63.2 Å². The number of pyridine rings is 1. The number of aromatic nitrogens is 5. The maximum Gasteiger partial charge on any atom is 0.219 e. The number of fused-ring (bicyclic) bond motifs is 1. The minimum absolute atomic E-state index is 0.0388. The number of alkyl halides is 1. The highest BCUT2D eigenvalue weighted by atomic mass is 19.1. The minimum atomic E-state index is -1.49. The number of rotatable bonds is 6. The largest absolute Gasteiger partial charge is 0.378 e. The summed E-state index contributed by atoms with van der Waals surface area (Å²) in [5.41, 5.74) is 10.1. The van der Waals surface area contributed by atoms with E-state index in [1.807, 2.05) is 30.3 Å². The SMILES string of the molecule is CC(F)C(=O)Cc1cccc(-c2cnc3c(N4CCOCC4)nc(-c4cnc(N)nc4)nc3c2)c1. The molecule has 1 saturated heterocycles. The van der Waals surface area contributed by atoms with Gasteiger partial charge in [-0.05, 0) is 24.1 Å². The first-order valence-corrected chi connectivity index (χ1v) is 11.3. The molecule has 1 atom stereocenters. The Morgan fingerprint density at radius 3 is 2.54 bits per heavy atom. The number of morpholine rings is 1. The average Bonchev–Trinajstić information content (AvgIpc) is 2.88. The fourth-order valence-corrected chi connectivity index (χ4v) is 3.94. The van der Waals surface area contributed by atoms with Crippen molar-refractivity contribution in [2.45, 2.75) is 19.5 Å². The van der Waals surface area contributed by atoms with E-state index in [9.17, 15) is 9.18 Å². The van der Waals surface area contributed by atoms with Crippen LogP contribution in [0.4, 0.5) is 16.2 Å². The predicted octanol–water partition coefficient (Wildman–Crippen LogP) is 3.04. The molecule has 10 heteroatoms. The summed E-state index contributed by atoms with van der Waals surface area (Å²) in [7, 11) is 0. The molecule has 0 aliphatic carbocycles. The summed E-state index contributed by atoms with van der Waals surface area (Å²) in [6.45, 7) is 3.85. The predicted molar refractivity (Wildman–Crippen MR) is 131 cm³/mol. The van der Waals surface area contributed by atoms with E-state index in [-0.39, 0.29) is 12.4 Å². The van der Waals surface area contributed by atoms with Gasteiger partial charge in [0.2, 0.25) is 5.95 Å². The van der Waals surface area contributed by atoms with Gasteiger partial charge in [0.25, 0.3) is 0 Å². The minimum Gasteiger partial charge on any atom is -0.378 e. The van der Waals surface area contributed by atoms with Crippen LogP contribution < -0.4 is 10.6 Å². The quantitative estimate of drug-likeness (QED) is 0.450. The molecule has 0 bridgehead atoms. The second kappa shape index (κ2) is 9.67. The molecule has 1 aromatic carbocycles. The Morgan fingerprint density at radius 1 is 1.06 bits per heavy atom. The number of hydrogen-bond acceptors (Lipinski definition) is 9. The van der Waals surface area contributed by atoms with Gasteiger partial charge in [-0.1, -0.05) is 24.3 Å². The van der Waals surface area contributed by atoms with E-state index >= 15 is 0 Å². The van der Waals surface area contributed by atoms with Crippen molar-refractivity contribution >= 4 is 28.6 Å².